The Hall–Kier alpha value is -5.61. The zero-order valence-corrected chi connectivity index (χ0v) is 22.0. The largest absolute Gasteiger partial charge is 0.456 e. The van der Waals surface area contributed by atoms with Crippen LogP contribution >= 0.6 is 0 Å². The topological polar surface area (TPSA) is 46.8 Å². The van der Waals surface area contributed by atoms with Crippen molar-refractivity contribution in [1.29, 1.82) is 0 Å². The van der Waals surface area contributed by atoms with E-state index in [9.17, 15) is 0 Å². The van der Waals surface area contributed by atoms with E-state index in [0.29, 0.717) is 0 Å². The number of benzene rings is 6. The van der Waals surface area contributed by atoms with Crippen molar-refractivity contribution in [3.63, 3.8) is 0 Å². The highest BCUT2D eigenvalue weighted by Crippen LogP contribution is 2.40. The van der Waals surface area contributed by atoms with Crippen LogP contribution in [0, 0.1) is 0 Å². The minimum atomic E-state index is 0.872. The third kappa shape index (κ3) is 3.31. The van der Waals surface area contributed by atoms with E-state index in [1.807, 2.05) is 30.3 Å². The van der Waals surface area contributed by atoms with Crippen molar-refractivity contribution in [2.24, 2.45) is 0 Å². The summed E-state index contributed by atoms with van der Waals surface area (Å²) in [6, 6.07) is 46.8. The molecule has 0 fully saturated rings. The molecule has 4 nitrogen and oxygen atoms in total. The molecular weight excluding hydrogens is 502 g/mol. The highest BCUT2D eigenvalue weighted by atomic mass is 16.3. The molecular formula is C37H23N3O. The van der Waals surface area contributed by atoms with Gasteiger partial charge in [-0.15, -0.1) is 0 Å². The SMILES string of the molecule is c1ccc2[nH]c(-c3ccc(-c4cc5c(cc4-n4c6ccccc6c6ccccc64)oc4ccccc45)cc3)nc2c1. The molecule has 0 bridgehead atoms. The lowest BCUT2D eigenvalue weighted by atomic mass is 9.99. The highest BCUT2D eigenvalue weighted by Gasteiger charge is 2.19. The van der Waals surface area contributed by atoms with Gasteiger partial charge in [-0.05, 0) is 42.0 Å². The molecule has 0 radical (unpaired) electrons. The van der Waals surface area contributed by atoms with Gasteiger partial charge >= 0.3 is 0 Å². The Morgan fingerprint density at radius 3 is 1.93 bits per heavy atom. The van der Waals surface area contributed by atoms with E-state index in [1.54, 1.807) is 0 Å². The van der Waals surface area contributed by atoms with Crippen molar-refractivity contribution in [2.45, 2.75) is 0 Å². The van der Waals surface area contributed by atoms with Crippen LogP contribution in [0.15, 0.2) is 138 Å². The molecule has 41 heavy (non-hydrogen) atoms. The fourth-order valence-electron chi connectivity index (χ4n) is 6.26. The fourth-order valence-corrected chi connectivity index (χ4v) is 6.26. The number of para-hydroxylation sites is 5. The summed E-state index contributed by atoms with van der Waals surface area (Å²) in [5.74, 6) is 0.872. The lowest BCUT2D eigenvalue weighted by Crippen LogP contribution is -1.97. The molecule has 0 saturated carbocycles. The van der Waals surface area contributed by atoms with Crippen LogP contribution in [0.25, 0.3) is 83.0 Å². The number of H-pyrrole nitrogens is 1. The zero-order chi connectivity index (χ0) is 26.9. The third-order valence-corrected chi connectivity index (χ3v) is 8.17. The molecule has 3 aromatic heterocycles. The second kappa shape index (κ2) is 8.44. The van der Waals surface area contributed by atoms with Crippen molar-refractivity contribution in [3.8, 4) is 28.2 Å². The van der Waals surface area contributed by atoms with Gasteiger partial charge in [0.05, 0.1) is 27.8 Å². The maximum Gasteiger partial charge on any atom is 0.138 e. The average molecular weight is 526 g/mol. The second-order valence-corrected chi connectivity index (χ2v) is 10.5. The van der Waals surface area contributed by atoms with Crippen LogP contribution in [-0.2, 0) is 0 Å². The zero-order valence-electron chi connectivity index (χ0n) is 22.0. The van der Waals surface area contributed by atoms with Gasteiger partial charge < -0.3 is 14.0 Å². The molecule has 9 rings (SSSR count). The number of rotatable bonds is 3. The number of hydrogen-bond donors (Lipinski definition) is 1. The van der Waals surface area contributed by atoms with Gasteiger partial charge in [-0.2, -0.15) is 0 Å². The summed E-state index contributed by atoms with van der Waals surface area (Å²) in [5, 5.41) is 4.70. The molecule has 9 aromatic rings. The fraction of sp³-hybridized carbons (Fsp3) is 0. The molecule has 6 aromatic carbocycles. The first kappa shape index (κ1) is 22.2. The van der Waals surface area contributed by atoms with E-state index in [4.69, 9.17) is 9.40 Å². The van der Waals surface area contributed by atoms with E-state index < -0.39 is 0 Å². The van der Waals surface area contributed by atoms with E-state index in [1.165, 1.54) is 21.8 Å². The summed E-state index contributed by atoms with van der Waals surface area (Å²) in [6.45, 7) is 0. The number of furan rings is 1. The van der Waals surface area contributed by atoms with Crippen LogP contribution in [0.5, 0.6) is 0 Å². The Morgan fingerprint density at radius 2 is 1.17 bits per heavy atom. The van der Waals surface area contributed by atoms with Crippen molar-refractivity contribution in [1.82, 2.24) is 14.5 Å². The Labute approximate surface area is 235 Å². The van der Waals surface area contributed by atoms with Gasteiger partial charge in [-0.3, -0.25) is 0 Å². The quantitative estimate of drug-likeness (QED) is 0.249. The molecule has 0 saturated heterocycles. The average Bonchev–Trinajstić information content (AvgIpc) is 3.72. The highest BCUT2D eigenvalue weighted by molar-refractivity contribution is 6.12. The third-order valence-electron chi connectivity index (χ3n) is 8.17. The van der Waals surface area contributed by atoms with Crippen LogP contribution in [0.4, 0.5) is 0 Å². The predicted octanol–water partition coefficient (Wildman–Crippen LogP) is 9.89. The number of nitrogens with one attached hydrogen (secondary N) is 1. The van der Waals surface area contributed by atoms with Gasteiger partial charge in [0.2, 0.25) is 0 Å². The van der Waals surface area contributed by atoms with Crippen LogP contribution < -0.4 is 0 Å². The summed E-state index contributed by atoms with van der Waals surface area (Å²) in [4.78, 5) is 8.27. The lowest BCUT2D eigenvalue weighted by molar-refractivity contribution is 0.668. The van der Waals surface area contributed by atoms with Crippen molar-refractivity contribution >= 4 is 54.8 Å². The first-order valence-corrected chi connectivity index (χ1v) is 13.8. The Morgan fingerprint density at radius 1 is 0.537 bits per heavy atom. The summed E-state index contributed by atoms with van der Waals surface area (Å²) >= 11 is 0. The van der Waals surface area contributed by atoms with Crippen LogP contribution in [0.2, 0.25) is 0 Å². The lowest BCUT2D eigenvalue weighted by Gasteiger charge is -2.15. The van der Waals surface area contributed by atoms with Gasteiger partial charge in [0.15, 0.2) is 0 Å². The molecule has 4 heteroatoms. The molecule has 0 atom stereocenters. The molecule has 0 amide bonds. The molecule has 192 valence electrons. The summed E-state index contributed by atoms with van der Waals surface area (Å²) in [5.41, 5.74) is 10.5. The molecule has 3 heterocycles. The van der Waals surface area contributed by atoms with Crippen molar-refractivity contribution in [3.05, 3.63) is 133 Å². The number of aromatic amines is 1. The maximum atomic E-state index is 6.39. The van der Waals surface area contributed by atoms with Crippen molar-refractivity contribution in [2.75, 3.05) is 0 Å². The Bertz CT molecular complexity index is 2340. The van der Waals surface area contributed by atoms with Crippen molar-refractivity contribution < 1.29 is 4.42 Å². The second-order valence-electron chi connectivity index (χ2n) is 10.5. The number of aromatic nitrogens is 3. The number of hydrogen-bond acceptors (Lipinski definition) is 2. The number of imidazole rings is 1. The smallest absolute Gasteiger partial charge is 0.138 e. The molecule has 1 N–H and O–H groups in total. The summed E-state index contributed by atoms with van der Waals surface area (Å²) in [7, 11) is 0. The van der Waals surface area contributed by atoms with Crippen LogP contribution in [0.1, 0.15) is 0 Å². The molecule has 0 spiro atoms. The number of fused-ring (bicyclic) bond motifs is 7. The summed E-state index contributed by atoms with van der Waals surface area (Å²) in [6.07, 6.45) is 0. The predicted molar refractivity (Wildman–Crippen MR) is 169 cm³/mol. The monoisotopic (exact) mass is 525 g/mol. The first-order valence-electron chi connectivity index (χ1n) is 13.8. The standard InChI is InChI=1S/C37H23N3O/c1-6-14-32-25(9-1)26-10-2-7-15-33(26)40(32)34-22-36-29(27-11-3-8-16-35(27)41-36)21-28(34)23-17-19-24(20-18-23)37-38-30-12-4-5-13-31(30)39-37/h1-22H,(H,38,39). The van der Waals surface area contributed by atoms with Crippen LogP contribution in [0.3, 0.4) is 0 Å². The Balaban J connectivity index is 1.31. The summed E-state index contributed by atoms with van der Waals surface area (Å²) < 4.78 is 8.76. The van der Waals surface area contributed by atoms with E-state index in [0.717, 1.165) is 61.2 Å². The minimum Gasteiger partial charge on any atom is -0.456 e. The van der Waals surface area contributed by atoms with Gasteiger partial charge in [0.25, 0.3) is 0 Å². The molecule has 0 aliphatic carbocycles. The first-order chi connectivity index (χ1) is 20.3. The van der Waals surface area contributed by atoms with Gasteiger partial charge in [0, 0.05) is 38.7 Å². The normalized spacial score (nSPS) is 11.9. The molecule has 0 aliphatic heterocycles. The van der Waals surface area contributed by atoms with E-state index in [2.05, 4.69) is 113 Å². The van der Waals surface area contributed by atoms with Gasteiger partial charge in [0.1, 0.15) is 17.0 Å². The van der Waals surface area contributed by atoms with Gasteiger partial charge in [-0.25, -0.2) is 4.98 Å². The maximum absolute atomic E-state index is 6.39. The molecule has 0 unspecified atom stereocenters. The number of nitrogens with zero attached hydrogens (tertiary/aromatic N) is 2. The Kier molecular flexibility index (Phi) is 4.58. The van der Waals surface area contributed by atoms with E-state index >= 15 is 0 Å². The minimum absolute atomic E-state index is 0.872. The molecule has 0 aliphatic rings. The van der Waals surface area contributed by atoms with Gasteiger partial charge in [-0.1, -0.05) is 91.0 Å². The van der Waals surface area contributed by atoms with E-state index in [-0.39, 0.29) is 0 Å². The van der Waals surface area contributed by atoms with Crippen LogP contribution in [-0.4, -0.2) is 14.5 Å².